The van der Waals surface area contributed by atoms with Crippen LogP contribution in [0.4, 0.5) is 8.78 Å². The van der Waals surface area contributed by atoms with E-state index in [1.54, 1.807) is 13.1 Å². The second-order valence-corrected chi connectivity index (χ2v) is 4.54. The van der Waals surface area contributed by atoms with Crippen molar-refractivity contribution in [1.29, 1.82) is 0 Å². The largest absolute Gasteiger partial charge is 0.273 e. The Balaban J connectivity index is 2.56. The number of pyridine rings is 1. The van der Waals surface area contributed by atoms with Crippen molar-refractivity contribution in [2.24, 2.45) is 0 Å². The first-order valence-electron chi connectivity index (χ1n) is 5.70. The molecule has 0 saturated heterocycles. The van der Waals surface area contributed by atoms with Crippen LogP contribution in [0.25, 0.3) is 5.82 Å². The van der Waals surface area contributed by atoms with Crippen LogP contribution in [0.3, 0.4) is 0 Å². The lowest BCUT2D eigenvalue weighted by atomic mass is 10.2. The summed E-state index contributed by atoms with van der Waals surface area (Å²) in [7, 11) is 0. The van der Waals surface area contributed by atoms with Crippen LogP contribution in [0.1, 0.15) is 23.6 Å². The maximum Gasteiger partial charge on any atom is 0.273 e. The smallest absolute Gasteiger partial charge is 0.267 e. The van der Waals surface area contributed by atoms with Crippen molar-refractivity contribution >= 4 is 0 Å². The summed E-state index contributed by atoms with van der Waals surface area (Å²) in [6.07, 6.45) is 2.58. The molecule has 4 nitrogen and oxygen atoms in total. The van der Waals surface area contributed by atoms with Crippen LogP contribution in [0.15, 0.2) is 29.3 Å². The Morgan fingerprint density at radius 2 is 1.89 bits per heavy atom. The fourth-order valence-corrected chi connectivity index (χ4v) is 1.74. The Bertz CT molecular complexity index is 674. The van der Waals surface area contributed by atoms with Gasteiger partial charge in [-0.3, -0.25) is 4.79 Å². The highest BCUT2D eigenvalue weighted by Gasteiger charge is 2.25. The molecule has 0 amide bonds. The van der Waals surface area contributed by atoms with Gasteiger partial charge in [0.25, 0.3) is 11.5 Å². The molecule has 0 aliphatic rings. The molecule has 0 atom stereocenters. The van der Waals surface area contributed by atoms with Gasteiger partial charge >= 0.3 is 0 Å². The summed E-state index contributed by atoms with van der Waals surface area (Å²) in [6, 6.07) is 2.73. The molecule has 19 heavy (non-hydrogen) atoms. The molecule has 0 radical (unpaired) electrons. The summed E-state index contributed by atoms with van der Waals surface area (Å²) in [5.41, 5.74) is 0.675. The SMILES string of the molecule is Cc1cnc(-n2ncc(C(C)(F)F)cc2=O)c(C)c1. The molecule has 0 aliphatic heterocycles. The van der Waals surface area contributed by atoms with E-state index in [9.17, 15) is 13.6 Å². The fraction of sp³-hybridized carbons (Fsp3) is 0.308. The van der Waals surface area contributed by atoms with Gasteiger partial charge in [-0.05, 0) is 25.0 Å². The van der Waals surface area contributed by atoms with E-state index >= 15 is 0 Å². The molecule has 0 N–H and O–H groups in total. The van der Waals surface area contributed by atoms with E-state index in [-0.39, 0.29) is 0 Å². The zero-order chi connectivity index (χ0) is 14.2. The van der Waals surface area contributed by atoms with E-state index in [4.69, 9.17) is 0 Å². The summed E-state index contributed by atoms with van der Waals surface area (Å²) in [5.74, 6) is -2.73. The Morgan fingerprint density at radius 3 is 2.42 bits per heavy atom. The zero-order valence-corrected chi connectivity index (χ0v) is 10.8. The van der Waals surface area contributed by atoms with Crippen LogP contribution >= 0.6 is 0 Å². The van der Waals surface area contributed by atoms with Gasteiger partial charge in [-0.15, -0.1) is 0 Å². The molecule has 6 heteroatoms. The average molecular weight is 265 g/mol. The van der Waals surface area contributed by atoms with E-state index in [0.29, 0.717) is 5.82 Å². The number of alkyl halides is 2. The predicted molar refractivity (Wildman–Crippen MR) is 66.7 cm³/mol. The van der Waals surface area contributed by atoms with Crippen LogP contribution in [-0.2, 0) is 5.92 Å². The third-order valence-corrected chi connectivity index (χ3v) is 2.69. The summed E-state index contributed by atoms with van der Waals surface area (Å²) >= 11 is 0. The maximum absolute atomic E-state index is 13.1. The fourth-order valence-electron chi connectivity index (χ4n) is 1.74. The van der Waals surface area contributed by atoms with Gasteiger partial charge in [0.15, 0.2) is 5.82 Å². The monoisotopic (exact) mass is 265 g/mol. The summed E-state index contributed by atoms with van der Waals surface area (Å²) < 4.78 is 27.2. The van der Waals surface area contributed by atoms with E-state index in [1.807, 2.05) is 13.0 Å². The molecule has 0 aromatic carbocycles. The minimum absolute atomic E-state index is 0.349. The summed E-state index contributed by atoms with van der Waals surface area (Å²) in [4.78, 5) is 16.0. The summed E-state index contributed by atoms with van der Waals surface area (Å²) in [5, 5.41) is 3.77. The number of hydrogen-bond donors (Lipinski definition) is 0. The lowest BCUT2D eigenvalue weighted by Crippen LogP contribution is -2.25. The van der Waals surface area contributed by atoms with Gasteiger partial charge in [-0.2, -0.15) is 9.78 Å². The highest BCUT2D eigenvalue weighted by atomic mass is 19.3. The van der Waals surface area contributed by atoms with Crippen LogP contribution in [0.5, 0.6) is 0 Å². The van der Waals surface area contributed by atoms with Crippen LogP contribution in [-0.4, -0.2) is 14.8 Å². The first kappa shape index (κ1) is 13.3. The van der Waals surface area contributed by atoms with Crippen molar-refractivity contribution in [2.45, 2.75) is 26.7 Å². The van der Waals surface area contributed by atoms with E-state index in [1.165, 1.54) is 0 Å². The van der Waals surface area contributed by atoms with Crippen LogP contribution in [0, 0.1) is 13.8 Å². The molecule has 2 aromatic heterocycles. The number of halogens is 2. The number of aromatic nitrogens is 3. The quantitative estimate of drug-likeness (QED) is 0.837. The van der Waals surface area contributed by atoms with Gasteiger partial charge in [0, 0.05) is 24.8 Å². The molecule has 0 bridgehead atoms. The van der Waals surface area contributed by atoms with Gasteiger partial charge in [-0.1, -0.05) is 6.07 Å². The molecular formula is C13H13F2N3O. The highest BCUT2D eigenvalue weighted by molar-refractivity contribution is 5.34. The van der Waals surface area contributed by atoms with Gasteiger partial charge in [0.1, 0.15) is 0 Å². The van der Waals surface area contributed by atoms with E-state index < -0.39 is 17.0 Å². The first-order chi connectivity index (χ1) is 8.79. The molecule has 0 spiro atoms. The second kappa shape index (κ2) is 4.53. The first-order valence-corrected chi connectivity index (χ1v) is 5.70. The Labute approximate surface area is 108 Å². The minimum atomic E-state index is -3.08. The molecule has 0 aliphatic carbocycles. The van der Waals surface area contributed by atoms with Crippen molar-refractivity contribution in [2.75, 3.05) is 0 Å². The van der Waals surface area contributed by atoms with Gasteiger partial charge in [0.05, 0.1) is 6.20 Å². The molecule has 2 rings (SSSR count). The standard InChI is InChI=1S/C13H13F2N3O/c1-8-4-9(2)12(16-6-8)18-11(19)5-10(7-17-18)13(3,14)15/h4-7H,1-3H3. The van der Waals surface area contributed by atoms with Crippen molar-refractivity contribution in [3.8, 4) is 5.82 Å². The third-order valence-electron chi connectivity index (χ3n) is 2.69. The predicted octanol–water partition coefficient (Wildman–Crippen LogP) is 2.36. The molecule has 2 heterocycles. The van der Waals surface area contributed by atoms with Gasteiger partial charge in [-0.25, -0.2) is 13.8 Å². The van der Waals surface area contributed by atoms with Gasteiger partial charge in [0.2, 0.25) is 0 Å². The zero-order valence-electron chi connectivity index (χ0n) is 10.8. The van der Waals surface area contributed by atoms with Crippen molar-refractivity contribution in [3.63, 3.8) is 0 Å². The normalized spacial score (nSPS) is 11.6. The second-order valence-electron chi connectivity index (χ2n) is 4.54. The maximum atomic E-state index is 13.1. The lowest BCUT2D eigenvalue weighted by molar-refractivity contribution is 0.0167. The Kier molecular flexibility index (Phi) is 3.18. The highest BCUT2D eigenvalue weighted by Crippen LogP contribution is 2.24. The minimum Gasteiger partial charge on any atom is -0.267 e. The number of aryl methyl sites for hydroxylation is 2. The summed E-state index contributed by atoms with van der Waals surface area (Å²) in [6.45, 7) is 4.38. The van der Waals surface area contributed by atoms with Crippen molar-refractivity contribution in [1.82, 2.24) is 14.8 Å². The topological polar surface area (TPSA) is 47.8 Å². The molecule has 100 valence electrons. The van der Waals surface area contributed by atoms with Crippen molar-refractivity contribution in [3.05, 3.63) is 51.6 Å². The van der Waals surface area contributed by atoms with Crippen molar-refractivity contribution < 1.29 is 8.78 Å². The average Bonchev–Trinajstić information content (AvgIpc) is 2.28. The number of hydrogen-bond acceptors (Lipinski definition) is 3. The number of rotatable bonds is 2. The molecular weight excluding hydrogens is 252 g/mol. The third kappa shape index (κ3) is 2.67. The Hall–Kier alpha value is -2.11. The lowest BCUT2D eigenvalue weighted by Gasteiger charge is -2.11. The van der Waals surface area contributed by atoms with E-state index in [2.05, 4.69) is 10.1 Å². The number of nitrogens with zero attached hydrogens (tertiary/aromatic N) is 3. The van der Waals surface area contributed by atoms with Crippen LogP contribution < -0.4 is 5.56 Å². The molecule has 0 saturated carbocycles. The van der Waals surface area contributed by atoms with Crippen LogP contribution in [0.2, 0.25) is 0 Å². The molecule has 0 fully saturated rings. The van der Waals surface area contributed by atoms with Gasteiger partial charge < -0.3 is 0 Å². The van der Waals surface area contributed by atoms with E-state index in [0.717, 1.165) is 35.0 Å². The molecule has 0 unspecified atom stereocenters. The Morgan fingerprint density at radius 1 is 1.21 bits per heavy atom. The molecule has 2 aromatic rings.